The maximum absolute atomic E-state index is 11.7. The number of aromatic nitrogens is 4. The van der Waals surface area contributed by atoms with Crippen molar-refractivity contribution in [2.75, 3.05) is 25.5 Å². The Labute approximate surface area is 171 Å². The molecule has 0 bridgehead atoms. The van der Waals surface area contributed by atoms with E-state index in [1.165, 1.54) is 0 Å². The number of anilines is 1. The number of rotatable bonds is 10. The first-order valence-corrected chi connectivity index (χ1v) is 10.3. The summed E-state index contributed by atoms with van der Waals surface area (Å²) >= 11 is 0. The lowest BCUT2D eigenvalue weighted by Crippen LogP contribution is -2.25. The number of nitrogens with zero attached hydrogens (tertiary/aromatic N) is 4. The molecule has 0 atom stereocenters. The standard InChI is InChI=1S/C21H30N6O2/c1-5-18-25-26-21-20(23-11-7-6-10-22-19(28)12-14(2)3)24-16-13-15(29-4)8-9-17(16)27(18)21/h8-9,13-14H,5-7,10-12H2,1-4H3,(H,22,28)(H,23,24). The van der Waals surface area contributed by atoms with Gasteiger partial charge in [-0.2, -0.15) is 0 Å². The molecule has 8 nitrogen and oxygen atoms in total. The summed E-state index contributed by atoms with van der Waals surface area (Å²) in [5.74, 6) is 2.87. The van der Waals surface area contributed by atoms with Crippen LogP contribution in [0.1, 0.15) is 45.9 Å². The van der Waals surface area contributed by atoms with Crippen LogP contribution in [0.3, 0.4) is 0 Å². The maximum atomic E-state index is 11.7. The third kappa shape index (κ3) is 4.93. The molecule has 0 fully saturated rings. The van der Waals surface area contributed by atoms with Gasteiger partial charge in [0.2, 0.25) is 11.6 Å². The van der Waals surface area contributed by atoms with Gasteiger partial charge < -0.3 is 15.4 Å². The topological polar surface area (TPSA) is 93.4 Å². The smallest absolute Gasteiger partial charge is 0.220 e. The lowest BCUT2D eigenvalue weighted by Gasteiger charge is -2.11. The van der Waals surface area contributed by atoms with Crippen LogP contribution in [-0.4, -0.2) is 45.7 Å². The van der Waals surface area contributed by atoms with Gasteiger partial charge in [0, 0.05) is 32.0 Å². The van der Waals surface area contributed by atoms with Gasteiger partial charge in [0.25, 0.3) is 0 Å². The molecular formula is C21H30N6O2. The Morgan fingerprint density at radius 1 is 1.21 bits per heavy atom. The van der Waals surface area contributed by atoms with Gasteiger partial charge >= 0.3 is 0 Å². The van der Waals surface area contributed by atoms with Gasteiger partial charge in [-0.1, -0.05) is 20.8 Å². The Hall–Kier alpha value is -2.90. The summed E-state index contributed by atoms with van der Waals surface area (Å²) in [4.78, 5) is 16.5. The van der Waals surface area contributed by atoms with Crippen molar-refractivity contribution in [3.8, 4) is 5.75 Å². The zero-order chi connectivity index (χ0) is 20.8. The number of aryl methyl sites for hydroxylation is 1. The lowest BCUT2D eigenvalue weighted by atomic mass is 10.1. The van der Waals surface area contributed by atoms with E-state index in [2.05, 4.69) is 32.2 Å². The summed E-state index contributed by atoms with van der Waals surface area (Å²) in [7, 11) is 1.65. The Kier molecular flexibility index (Phi) is 6.85. The molecule has 1 amide bonds. The van der Waals surface area contributed by atoms with Crippen LogP contribution in [0, 0.1) is 5.92 Å². The highest BCUT2D eigenvalue weighted by atomic mass is 16.5. The van der Waals surface area contributed by atoms with Crippen LogP contribution in [0.15, 0.2) is 18.2 Å². The first kappa shape index (κ1) is 20.8. The van der Waals surface area contributed by atoms with E-state index < -0.39 is 0 Å². The maximum Gasteiger partial charge on any atom is 0.220 e. The van der Waals surface area contributed by atoms with E-state index in [4.69, 9.17) is 9.72 Å². The second kappa shape index (κ2) is 9.54. The number of unbranched alkanes of at least 4 members (excludes halogenated alkanes) is 1. The van der Waals surface area contributed by atoms with Gasteiger partial charge in [-0.15, -0.1) is 10.2 Å². The third-order valence-electron chi connectivity index (χ3n) is 4.73. The van der Waals surface area contributed by atoms with E-state index in [1.54, 1.807) is 7.11 Å². The van der Waals surface area contributed by atoms with Crippen molar-refractivity contribution in [3.63, 3.8) is 0 Å². The van der Waals surface area contributed by atoms with E-state index in [-0.39, 0.29) is 5.91 Å². The van der Waals surface area contributed by atoms with E-state index >= 15 is 0 Å². The lowest BCUT2D eigenvalue weighted by molar-refractivity contribution is -0.121. The second-order valence-corrected chi connectivity index (χ2v) is 7.53. The summed E-state index contributed by atoms with van der Waals surface area (Å²) in [5.41, 5.74) is 2.51. The fraction of sp³-hybridized carbons (Fsp3) is 0.524. The minimum Gasteiger partial charge on any atom is -0.497 e. The molecule has 0 unspecified atom stereocenters. The number of ether oxygens (including phenoxy) is 1. The molecule has 0 aliphatic rings. The normalized spacial score (nSPS) is 11.3. The zero-order valence-electron chi connectivity index (χ0n) is 17.7. The number of amides is 1. The van der Waals surface area contributed by atoms with E-state index in [9.17, 15) is 4.79 Å². The van der Waals surface area contributed by atoms with Crippen LogP contribution in [0.4, 0.5) is 5.82 Å². The van der Waals surface area contributed by atoms with Crippen LogP contribution < -0.4 is 15.4 Å². The highest BCUT2D eigenvalue weighted by Crippen LogP contribution is 2.25. The summed E-state index contributed by atoms with van der Waals surface area (Å²) < 4.78 is 7.40. The summed E-state index contributed by atoms with van der Waals surface area (Å²) in [6, 6.07) is 5.83. The molecule has 2 aromatic heterocycles. The molecule has 29 heavy (non-hydrogen) atoms. The van der Waals surface area contributed by atoms with Crippen LogP contribution in [0.25, 0.3) is 16.7 Å². The molecule has 1 aromatic carbocycles. The quantitative estimate of drug-likeness (QED) is 0.510. The molecule has 0 saturated heterocycles. The number of hydrogen-bond acceptors (Lipinski definition) is 6. The molecule has 156 valence electrons. The molecule has 3 rings (SSSR count). The number of methoxy groups -OCH3 is 1. The van der Waals surface area contributed by atoms with Crippen molar-refractivity contribution in [2.24, 2.45) is 5.92 Å². The SMILES string of the molecule is CCc1nnc2c(NCCCCNC(=O)CC(C)C)nc3cc(OC)ccc3n12. The number of fused-ring (bicyclic) bond motifs is 3. The van der Waals surface area contributed by atoms with Crippen LogP contribution in [0.5, 0.6) is 5.75 Å². The van der Waals surface area contributed by atoms with E-state index in [0.717, 1.165) is 54.1 Å². The monoisotopic (exact) mass is 398 g/mol. The first-order chi connectivity index (χ1) is 14.0. The Morgan fingerprint density at radius 3 is 2.72 bits per heavy atom. The predicted molar refractivity (Wildman–Crippen MR) is 114 cm³/mol. The third-order valence-corrected chi connectivity index (χ3v) is 4.73. The molecule has 2 N–H and O–H groups in total. The zero-order valence-corrected chi connectivity index (χ0v) is 17.7. The molecule has 2 heterocycles. The molecular weight excluding hydrogens is 368 g/mol. The van der Waals surface area contributed by atoms with Crippen molar-refractivity contribution >= 4 is 28.4 Å². The van der Waals surface area contributed by atoms with Crippen molar-refractivity contribution in [1.29, 1.82) is 0 Å². The number of nitrogens with one attached hydrogen (secondary N) is 2. The molecule has 0 saturated carbocycles. The largest absolute Gasteiger partial charge is 0.497 e. The fourth-order valence-electron chi connectivity index (χ4n) is 3.28. The van der Waals surface area contributed by atoms with E-state index in [1.807, 2.05) is 32.0 Å². The molecule has 0 radical (unpaired) electrons. The summed E-state index contributed by atoms with van der Waals surface area (Å²) in [5, 5.41) is 15.0. The van der Waals surface area contributed by atoms with Crippen LogP contribution in [-0.2, 0) is 11.2 Å². The second-order valence-electron chi connectivity index (χ2n) is 7.53. The highest BCUT2D eigenvalue weighted by molar-refractivity contribution is 5.84. The van der Waals surface area contributed by atoms with Gasteiger partial charge in [-0.25, -0.2) is 4.98 Å². The van der Waals surface area contributed by atoms with Gasteiger partial charge in [0.15, 0.2) is 5.82 Å². The van der Waals surface area contributed by atoms with E-state index in [0.29, 0.717) is 24.7 Å². The predicted octanol–water partition coefficient (Wildman–Crippen LogP) is 3.20. The van der Waals surface area contributed by atoms with Gasteiger partial charge in [0.05, 0.1) is 18.1 Å². The van der Waals surface area contributed by atoms with Crippen LogP contribution in [0.2, 0.25) is 0 Å². The van der Waals surface area contributed by atoms with Gasteiger partial charge in [0.1, 0.15) is 11.6 Å². The minimum atomic E-state index is 0.121. The van der Waals surface area contributed by atoms with Crippen molar-refractivity contribution < 1.29 is 9.53 Å². The summed E-state index contributed by atoms with van der Waals surface area (Å²) in [6.07, 6.45) is 3.18. The Balaban J connectivity index is 1.68. The number of carbonyl (C=O) groups is 1. The number of carbonyl (C=O) groups excluding carboxylic acids is 1. The van der Waals surface area contributed by atoms with Gasteiger partial charge in [-0.05, 0) is 30.9 Å². The molecule has 0 aliphatic heterocycles. The van der Waals surface area contributed by atoms with Crippen LogP contribution >= 0.6 is 0 Å². The van der Waals surface area contributed by atoms with Crippen molar-refractivity contribution in [1.82, 2.24) is 24.9 Å². The average Bonchev–Trinajstić information content (AvgIpc) is 3.14. The van der Waals surface area contributed by atoms with Crippen molar-refractivity contribution in [2.45, 2.75) is 46.5 Å². The van der Waals surface area contributed by atoms with Crippen molar-refractivity contribution in [3.05, 3.63) is 24.0 Å². The number of benzene rings is 1. The molecule has 0 aliphatic carbocycles. The molecule has 8 heteroatoms. The fourth-order valence-corrected chi connectivity index (χ4v) is 3.28. The Bertz CT molecular complexity index is 982. The first-order valence-electron chi connectivity index (χ1n) is 10.3. The minimum absolute atomic E-state index is 0.121. The highest BCUT2D eigenvalue weighted by Gasteiger charge is 2.14. The van der Waals surface area contributed by atoms with Gasteiger partial charge in [-0.3, -0.25) is 9.20 Å². The Morgan fingerprint density at radius 2 is 2.00 bits per heavy atom. The average molecular weight is 399 g/mol. The molecule has 0 spiro atoms. The summed E-state index contributed by atoms with van der Waals surface area (Å²) in [6.45, 7) is 7.59. The number of hydrogen-bond donors (Lipinski definition) is 2. The molecule has 3 aromatic rings.